The Balaban J connectivity index is 1.71. The molecule has 2 aromatic carbocycles. The SMILES string of the molecule is COc1ccsc1C(=O)Nc1ccc2[nH]nc(-c3cccc(S(N)(=O)=O)c3)c2c1. The third-order valence-corrected chi connectivity index (χ3v) is 6.12. The van der Waals surface area contributed by atoms with Crippen molar-refractivity contribution in [1.82, 2.24) is 10.2 Å². The number of ether oxygens (including phenoxy) is 1. The quantitative estimate of drug-likeness (QED) is 0.450. The average Bonchev–Trinajstić information content (AvgIpc) is 3.34. The Hall–Kier alpha value is -3.21. The molecule has 0 aliphatic rings. The van der Waals surface area contributed by atoms with Crippen LogP contribution in [0, 0.1) is 0 Å². The second-order valence-electron chi connectivity index (χ2n) is 6.18. The van der Waals surface area contributed by atoms with Gasteiger partial charge in [-0.25, -0.2) is 13.6 Å². The lowest BCUT2D eigenvalue weighted by Gasteiger charge is -2.06. The van der Waals surface area contributed by atoms with E-state index >= 15 is 0 Å². The molecular weight excluding hydrogens is 412 g/mol. The molecule has 0 bridgehead atoms. The summed E-state index contributed by atoms with van der Waals surface area (Å²) in [6.45, 7) is 0. The number of aromatic amines is 1. The number of carbonyl (C=O) groups excluding carboxylic acids is 1. The first-order valence-electron chi connectivity index (χ1n) is 8.41. The molecule has 0 aliphatic heterocycles. The van der Waals surface area contributed by atoms with Gasteiger partial charge in [0.1, 0.15) is 16.3 Å². The summed E-state index contributed by atoms with van der Waals surface area (Å²) < 4.78 is 28.5. The number of nitrogens with two attached hydrogens (primary N) is 1. The monoisotopic (exact) mass is 428 g/mol. The van der Waals surface area contributed by atoms with Gasteiger partial charge in [0, 0.05) is 16.6 Å². The number of hydrogen-bond acceptors (Lipinski definition) is 6. The number of primary sulfonamides is 1. The summed E-state index contributed by atoms with van der Waals surface area (Å²) in [6, 6.07) is 13.3. The minimum absolute atomic E-state index is 0.000368. The molecule has 1 amide bonds. The third-order valence-electron chi connectivity index (χ3n) is 4.31. The van der Waals surface area contributed by atoms with Crippen LogP contribution < -0.4 is 15.2 Å². The summed E-state index contributed by atoms with van der Waals surface area (Å²) in [5.74, 6) is 0.231. The van der Waals surface area contributed by atoms with Gasteiger partial charge in [-0.1, -0.05) is 12.1 Å². The number of fused-ring (bicyclic) bond motifs is 1. The Kier molecular flexibility index (Phi) is 4.82. The van der Waals surface area contributed by atoms with Crippen molar-refractivity contribution in [3.63, 3.8) is 0 Å². The fraction of sp³-hybridized carbons (Fsp3) is 0.0526. The van der Waals surface area contributed by atoms with Crippen LogP contribution in [0.25, 0.3) is 22.2 Å². The van der Waals surface area contributed by atoms with Crippen molar-refractivity contribution < 1.29 is 17.9 Å². The maximum atomic E-state index is 12.6. The van der Waals surface area contributed by atoms with E-state index in [9.17, 15) is 13.2 Å². The summed E-state index contributed by atoms with van der Waals surface area (Å²) in [7, 11) is -2.32. The zero-order valence-electron chi connectivity index (χ0n) is 15.2. The summed E-state index contributed by atoms with van der Waals surface area (Å²) in [5, 5.41) is 17.8. The number of carbonyl (C=O) groups is 1. The van der Waals surface area contributed by atoms with Gasteiger partial charge >= 0.3 is 0 Å². The lowest BCUT2D eigenvalue weighted by molar-refractivity contribution is 0.102. The Morgan fingerprint density at radius 2 is 2.03 bits per heavy atom. The first kappa shape index (κ1) is 19.1. The number of hydrogen-bond donors (Lipinski definition) is 3. The van der Waals surface area contributed by atoms with E-state index in [0.29, 0.717) is 27.6 Å². The molecule has 0 aliphatic carbocycles. The maximum Gasteiger partial charge on any atom is 0.269 e. The number of benzene rings is 2. The highest BCUT2D eigenvalue weighted by molar-refractivity contribution is 7.89. The van der Waals surface area contributed by atoms with Crippen LogP contribution in [0.2, 0.25) is 0 Å². The number of methoxy groups -OCH3 is 1. The van der Waals surface area contributed by atoms with Crippen LogP contribution in [-0.2, 0) is 10.0 Å². The summed E-state index contributed by atoms with van der Waals surface area (Å²) in [6.07, 6.45) is 0. The molecule has 2 aromatic heterocycles. The van der Waals surface area contributed by atoms with Crippen LogP contribution in [0.5, 0.6) is 5.75 Å². The van der Waals surface area contributed by atoms with Gasteiger partial charge in [0.05, 0.1) is 17.5 Å². The first-order chi connectivity index (χ1) is 13.9. The molecule has 148 valence electrons. The molecule has 0 atom stereocenters. The van der Waals surface area contributed by atoms with Gasteiger partial charge in [0.2, 0.25) is 10.0 Å². The maximum absolute atomic E-state index is 12.6. The van der Waals surface area contributed by atoms with Gasteiger partial charge in [0.15, 0.2) is 0 Å². The van der Waals surface area contributed by atoms with Crippen molar-refractivity contribution in [2.24, 2.45) is 5.14 Å². The van der Waals surface area contributed by atoms with E-state index < -0.39 is 10.0 Å². The van der Waals surface area contributed by atoms with Gasteiger partial charge in [-0.3, -0.25) is 9.89 Å². The second-order valence-corrected chi connectivity index (χ2v) is 8.66. The number of amides is 1. The van der Waals surface area contributed by atoms with Crippen molar-refractivity contribution in [3.05, 3.63) is 58.8 Å². The fourth-order valence-corrected chi connectivity index (χ4v) is 4.26. The van der Waals surface area contributed by atoms with E-state index in [0.717, 1.165) is 10.9 Å². The van der Waals surface area contributed by atoms with Crippen LogP contribution in [0.4, 0.5) is 5.69 Å². The minimum atomic E-state index is -3.83. The number of aromatic nitrogens is 2. The van der Waals surface area contributed by atoms with Crippen LogP contribution >= 0.6 is 11.3 Å². The van der Waals surface area contributed by atoms with E-state index in [1.54, 1.807) is 41.8 Å². The number of rotatable bonds is 5. The van der Waals surface area contributed by atoms with Crippen molar-refractivity contribution >= 4 is 43.9 Å². The molecule has 4 rings (SSSR count). The predicted octanol–water partition coefficient (Wildman–Crippen LogP) is 3.20. The molecule has 0 saturated heterocycles. The Bertz CT molecular complexity index is 1320. The Labute approximate surface area is 170 Å². The predicted molar refractivity (Wildman–Crippen MR) is 112 cm³/mol. The van der Waals surface area contributed by atoms with Gasteiger partial charge < -0.3 is 10.1 Å². The topological polar surface area (TPSA) is 127 Å². The molecule has 8 nitrogen and oxygen atoms in total. The third kappa shape index (κ3) is 3.73. The van der Waals surface area contributed by atoms with Crippen LogP contribution in [0.15, 0.2) is 58.8 Å². The summed E-state index contributed by atoms with van der Waals surface area (Å²) in [5.41, 5.74) is 2.46. The van der Waals surface area contributed by atoms with Crippen molar-refractivity contribution in [3.8, 4) is 17.0 Å². The van der Waals surface area contributed by atoms with E-state index in [-0.39, 0.29) is 10.8 Å². The zero-order chi connectivity index (χ0) is 20.6. The number of H-pyrrole nitrogens is 1. The molecule has 2 heterocycles. The highest BCUT2D eigenvalue weighted by Gasteiger charge is 2.16. The molecular formula is C19H16N4O4S2. The van der Waals surface area contributed by atoms with Crippen molar-refractivity contribution in [2.45, 2.75) is 4.90 Å². The normalized spacial score (nSPS) is 11.5. The van der Waals surface area contributed by atoms with Crippen molar-refractivity contribution in [2.75, 3.05) is 12.4 Å². The van der Waals surface area contributed by atoms with Crippen LogP contribution in [-0.4, -0.2) is 31.6 Å². The number of nitrogens with zero attached hydrogens (tertiary/aromatic N) is 1. The van der Waals surface area contributed by atoms with Gasteiger partial charge in [0.25, 0.3) is 5.91 Å². The molecule has 4 aromatic rings. The lowest BCUT2D eigenvalue weighted by Crippen LogP contribution is -2.12. The number of thiophene rings is 1. The van der Waals surface area contributed by atoms with Crippen LogP contribution in [0.3, 0.4) is 0 Å². The molecule has 0 spiro atoms. The van der Waals surface area contributed by atoms with E-state index in [4.69, 9.17) is 9.88 Å². The fourth-order valence-electron chi connectivity index (χ4n) is 2.94. The smallest absolute Gasteiger partial charge is 0.269 e. The van der Waals surface area contributed by atoms with Gasteiger partial charge in [-0.15, -0.1) is 11.3 Å². The van der Waals surface area contributed by atoms with Crippen molar-refractivity contribution in [1.29, 1.82) is 0 Å². The van der Waals surface area contributed by atoms with Gasteiger partial charge in [-0.05, 0) is 41.8 Å². The average molecular weight is 428 g/mol. The van der Waals surface area contributed by atoms with Crippen LogP contribution in [0.1, 0.15) is 9.67 Å². The minimum Gasteiger partial charge on any atom is -0.495 e. The lowest BCUT2D eigenvalue weighted by atomic mass is 10.1. The van der Waals surface area contributed by atoms with Gasteiger partial charge in [-0.2, -0.15) is 5.10 Å². The molecule has 29 heavy (non-hydrogen) atoms. The standard InChI is InChI=1S/C19H16N4O4S2/c1-27-16-7-8-28-18(16)19(24)21-12-5-6-15-14(10-12)17(23-22-15)11-3-2-4-13(9-11)29(20,25)26/h2-10H,1H3,(H,21,24)(H,22,23)(H2,20,25,26). The Morgan fingerprint density at radius 1 is 1.21 bits per heavy atom. The zero-order valence-corrected chi connectivity index (χ0v) is 16.8. The highest BCUT2D eigenvalue weighted by atomic mass is 32.2. The Morgan fingerprint density at radius 3 is 2.79 bits per heavy atom. The number of anilines is 1. The second kappa shape index (κ2) is 7.32. The van der Waals surface area contributed by atoms with E-state index in [1.807, 2.05) is 0 Å². The molecule has 0 saturated carbocycles. The molecule has 10 heteroatoms. The van der Waals surface area contributed by atoms with E-state index in [2.05, 4.69) is 15.5 Å². The van der Waals surface area contributed by atoms with E-state index in [1.165, 1.54) is 30.6 Å². The highest BCUT2D eigenvalue weighted by Crippen LogP contribution is 2.30. The summed E-state index contributed by atoms with van der Waals surface area (Å²) >= 11 is 1.29. The first-order valence-corrected chi connectivity index (χ1v) is 10.8. The largest absolute Gasteiger partial charge is 0.495 e. The molecule has 4 N–H and O–H groups in total. The summed E-state index contributed by atoms with van der Waals surface area (Å²) in [4.78, 5) is 13.0. The molecule has 0 unspecified atom stereocenters. The molecule has 0 fully saturated rings. The molecule has 0 radical (unpaired) electrons. The number of nitrogens with one attached hydrogen (secondary N) is 2. The number of sulfonamides is 1.